The van der Waals surface area contributed by atoms with Gasteiger partial charge in [0.1, 0.15) is 0 Å². The van der Waals surface area contributed by atoms with Crippen molar-refractivity contribution in [1.29, 1.82) is 0 Å². The molecule has 138 valence electrons. The summed E-state index contributed by atoms with van der Waals surface area (Å²) in [5.74, 6) is 0. The summed E-state index contributed by atoms with van der Waals surface area (Å²) in [4.78, 5) is 4.17. The highest BCUT2D eigenvalue weighted by Gasteiger charge is 2.04. The first-order valence-corrected chi connectivity index (χ1v) is 9.67. The van der Waals surface area contributed by atoms with Gasteiger partial charge < -0.3 is 9.84 Å². The zero-order chi connectivity index (χ0) is 18.5. The van der Waals surface area contributed by atoms with Gasteiger partial charge in [0.15, 0.2) is 5.58 Å². The van der Waals surface area contributed by atoms with Crippen molar-refractivity contribution in [3.8, 4) is 0 Å². The third-order valence-electron chi connectivity index (χ3n) is 5.13. The van der Waals surface area contributed by atoms with Gasteiger partial charge in [-0.3, -0.25) is 4.98 Å². The van der Waals surface area contributed by atoms with E-state index in [4.69, 9.17) is 4.52 Å². The maximum Gasteiger partial charge on any atom is 0.166 e. The number of hydrogen-bond donors (Lipinski definition) is 1. The first kappa shape index (κ1) is 17.7. The minimum atomic E-state index is 0.513. The van der Waals surface area contributed by atoms with Crippen molar-refractivity contribution < 1.29 is 4.52 Å². The van der Waals surface area contributed by atoms with Crippen LogP contribution in [0, 0.1) is 0 Å². The SMILES string of the molecule is C[C@H](CCCCc1ccc2oncc2c1)NCc1ccc2cnccc2c1. The summed E-state index contributed by atoms with van der Waals surface area (Å²) in [6.45, 7) is 3.18. The normalized spacial score (nSPS) is 12.6. The van der Waals surface area contributed by atoms with Gasteiger partial charge in [-0.2, -0.15) is 0 Å². The number of aromatic nitrogens is 2. The fourth-order valence-electron chi connectivity index (χ4n) is 3.49. The molecule has 27 heavy (non-hydrogen) atoms. The lowest BCUT2D eigenvalue weighted by atomic mass is 10.0. The first-order chi connectivity index (χ1) is 13.3. The fourth-order valence-corrected chi connectivity index (χ4v) is 3.49. The van der Waals surface area contributed by atoms with Crippen LogP contribution in [0.2, 0.25) is 0 Å². The van der Waals surface area contributed by atoms with Crippen LogP contribution in [-0.2, 0) is 13.0 Å². The summed E-state index contributed by atoms with van der Waals surface area (Å²) in [6.07, 6.45) is 10.3. The minimum Gasteiger partial charge on any atom is -0.356 e. The Bertz CT molecular complexity index is 1020. The van der Waals surface area contributed by atoms with E-state index >= 15 is 0 Å². The first-order valence-electron chi connectivity index (χ1n) is 9.67. The Morgan fingerprint density at radius 1 is 0.926 bits per heavy atom. The Balaban J connectivity index is 1.20. The monoisotopic (exact) mass is 359 g/mol. The van der Waals surface area contributed by atoms with E-state index in [1.807, 2.05) is 18.5 Å². The van der Waals surface area contributed by atoms with Crippen LogP contribution in [0.15, 0.2) is 65.6 Å². The molecular weight excluding hydrogens is 334 g/mol. The second kappa shape index (κ2) is 8.31. The lowest BCUT2D eigenvalue weighted by Crippen LogP contribution is -2.25. The number of nitrogens with one attached hydrogen (secondary N) is 1. The quantitative estimate of drug-likeness (QED) is 0.436. The molecular formula is C23H25N3O. The molecule has 1 N–H and O–H groups in total. The van der Waals surface area contributed by atoms with Gasteiger partial charge in [0.2, 0.25) is 0 Å². The van der Waals surface area contributed by atoms with Crippen molar-refractivity contribution >= 4 is 21.7 Å². The minimum absolute atomic E-state index is 0.513. The van der Waals surface area contributed by atoms with E-state index in [1.165, 1.54) is 41.2 Å². The molecule has 2 aromatic carbocycles. The summed E-state index contributed by atoms with van der Waals surface area (Å²) in [5, 5.41) is 11.0. The highest BCUT2D eigenvalue weighted by molar-refractivity contribution is 5.82. The van der Waals surface area contributed by atoms with Gasteiger partial charge in [0, 0.05) is 35.8 Å². The van der Waals surface area contributed by atoms with Crippen LogP contribution in [0.4, 0.5) is 0 Å². The molecule has 0 aliphatic rings. The number of benzene rings is 2. The predicted molar refractivity (Wildman–Crippen MR) is 110 cm³/mol. The maximum atomic E-state index is 5.16. The largest absolute Gasteiger partial charge is 0.356 e. The molecule has 4 rings (SSSR count). The van der Waals surface area contributed by atoms with E-state index in [0.717, 1.165) is 23.9 Å². The van der Waals surface area contributed by atoms with E-state index < -0.39 is 0 Å². The average Bonchev–Trinajstić information content (AvgIpc) is 3.17. The van der Waals surface area contributed by atoms with Crippen LogP contribution in [0.3, 0.4) is 0 Å². The smallest absolute Gasteiger partial charge is 0.166 e. The Hall–Kier alpha value is -2.72. The van der Waals surface area contributed by atoms with E-state index in [9.17, 15) is 0 Å². The summed E-state index contributed by atoms with van der Waals surface area (Å²) in [7, 11) is 0. The zero-order valence-electron chi connectivity index (χ0n) is 15.7. The van der Waals surface area contributed by atoms with Gasteiger partial charge in [-0.05, 0) is 67.0 Å². The Kier molecular flexibility index (Phi) is 5.45. The number of hydrogen-bond acceptors (Lipinski definition) is 4. The second-order valence-electron chi connectivity index (χ2n) is 7.28. The van der Waals surface area contributed by atoms with Crippen LogP contribution >= 0.6 is 0 Å². The zero-order valence-corrected chi connectivity index (χ0v) is 15.7. The number of rotatable bonds is 8. The Morgan fingerprint density at radius 2 is 1.81 bits per heavy atom. The van der Waals surface area contributed by atoms with Crippen molar-refractivity contribution in [2.45, 2.75) is 45.2 Å². The lowest BCUT2D eigenvalue weighted by molar-refractivity contribution is 0.456. The molecule has 1 atom stereocenters. The lowest BCUT2D eigenvalue weighted by Gasteiger charge is -2.14. The van der Waals surface area contributed by atoms with E-state index in [0.29, 0.717) is 6.04 Å². The molecule has 0 aliphatic carbocycles. The van der Waals surface area contributed by atoms with E-state index in [-0.39, 0.29) is 0 Å². The molecule has 0 unspecified atom stereocenters. The van der Waals surface area contributed by atoms with Crippen LogP contribution in [0.5, 0.6) is 0 Å². The summed E-state index contributed by atoms with van der Waals surface area (Å²) >= 11 is 0. The topological polar surface area (TPSA) is 51.0 Å². The third-order valence-corrected chi connectivity index (χ3v) is 5.13. The van der Waals surface area contributed by atoms with Crippen molar-refractivity contribution in [3.63, 3.8) is 0 Å². The molecule has 0 amide bonds. The standard InChI is InChI=1S/C23H25N3O/c1-17(25-14-19-6-8-21-15-24-11-10-20(21)13-19)4-2-3-5-18-7-9-23-22(12-18)16-26-27-23/h6-13,15-17,25H,2-5,14H2,1H3/t17-/m1/s1. The Labute approximate surface area is 159 Å². The summed E-state index contributed by atoms with van der Waals surface area (Å²) in [6, 6.07) is 15.5. The van der Waals surface area contributed by atoms with Gasteiger partial charge in [-0.15, -0.1) is 0 Å². The molecule has 4 nitrogen and oxygen atoms in total. The molecule has 0 bridgehead atoms. The van der Waals surface area contributed by atoms with Gasteiger partial charge in [0.05, 0.1) is 6.20 Å². The van der Waals surface area contributed by atoms with Gasteiger partial charge in [-0.1, -0.05) is 29.8 Å². The van der Waals surface area contributed by atoms with E-state index in [2.05, 4.69) is 58.8 Å². The predicted octanol–water partition coefficient (Wildman–Crippen LogP) is 5.27. The number of pyridine rings is 1. The molecule has 0 saturated carbocycles. The van der Waals surface area contributed by atoms with Crippen LogP contribution in [-0.4, -0.2) is 16.2 Å². The van der Waals surface area contributed by atoms with Crippen molar-refractivity contribution in [2.75, 3.05) is 0 Å². The third kappa shape index (κ3) is 4.52. The average molecular weight is 359 g/mol. The number of nitrogens with zero attached hydrogens (tertiary/aromatic N) is 2. The van der Waals surface area contributed by atoms with Crippen molar-refractivity contribution in [1.82, 2.24) is 15.5 Å². The number of fused-ring (bicyclic) bond motifs is 2. The molecule has 4 aromatic rings. The van der Waals surface area contributed by atoms with Crippen LogP contribution in [0.1, 0.15) is 37.3 Å². The maximum absolute atomic E-state index is 5.16. The number of aryl methyl sites for hydroxylation is 1. The van der Waals surface area contributed by atoms with E-state index in [1.54, 1.807) is 6.20 Å². The number of unbranched alkanes of at least 4 members (excludes halogenated alkanes) is 1. The summed E-state index contributed by atoms with van der Waals surface area (Å²) in [5.41, 5.74) is 3.54. The molecule has 0 aliphatic heterocycles. The van der Waals surface area contributed by atoms with Crippen LogP contribution < -0.4 is 5.32 Å². The van der Waals surface area contributed by atoms with Gasteiger partial charge in [-0.25, -0.2) is 0 Å². The highest BCUT2D eigenvalue weighted by Crippen LogP contribution is 2.17. The van der Waals surface area contributed by atoms with Crippen molar-refractivity contribution in [2.24, 2.45) is 0 Å². The molecule has 2 heterocycles. The molecule has 0 saturated heterocycles. The van der Waals surface area contributed by atoms with Crippen LogP contribution in [0.25, 0.3) is 21.7 Å². The molecule has 0 spiro atoms. The van der Waals surface area contributed by atoms with Crippen molar-refractivity contribution in [3.05, 3.63) is 72.2 Å². The fraction of sp³-hybridized carbons (Fsp3) is 0.304. The molecule has 4 heteroatoms. The molecule has 2 aromatic heterocycles. The molecule has 0 radical (unpaired) electrons. The second-order valence-corrected chi connectivity index (χ2v) is 7.28. The van der Waals surface area contributed by atoms with Gasteiger partial charge >= 0.3 is 0 Å². The van der Waals surface area contributed by atoms with Gasteiger partial charge in [0.25, 0.3) is 0 Å². The summed E-state index contributed by atoms with van der Waals surface area (Å²) < 4.78 is 5.16. The molecule has 0 fully saturated rings. The highest BCUT2D eigenvalue weighted by atomic mass is 16.5. The Morgan fingerprint density at radius 3 is 2.78 bits per heavy atom.